The van der Waals surface area contributed by atoms with E-state index >= 15 is 0 Å². The molecule has 0 spiro atoms. The van der Waals surface area contributed by atoms with Crippen LogP contribution >= 0.6 is 0 Å². The maximum absolute atomic E-state index is 13.0. The van der Waals surface area contributed by atoms with E-state index in [-0.39, 0.29) is 5.82 Å². The molecule has 22 heavy (non-hydrogen) atoms. The van der Waals surface area contributed by atoms with E-state index < -0.39 is 5.60 Å². The van der Waals surface area contributed by atoms with Crippen molar-refractivity contribution in [3.63, 3.8) is 0 Å². The topological polar surface area (TPSA) is 58.5 Å². The van der Waals surface area contributed by atoms with Crippen molar-refractivity contribution in [2.24, 2.45) is 0 Å². The highest BCUT2D eigenvalue weighted by molar-refractivity contribution is 5.47. The number of methoxy groups -OCH3 is 1. The van der Waals surface area contributed by atoms with Gasteiger partial charge in [-0.2, -0.15) is 0 Å². The van der Waals surface area contributed by atoms with Crippen molar-refractivity contribution in [2.75, 3.05) is 25.1 Å². The lowest BCUT2D eigenvalue weighted by atomic mass is 9.86. The summed E-state index contributed by atoms with van der Waals surface area (Å²) < 4.78 is 18.0. The van der Waals surface area contributed by atoms with Crippen LogP contribution in [0, 0.1) is 12.7 Å². The quantitative estimate of drug-likeness (QED) is 0.933. The van der Waals surface area contributed by atoms with Gasteiger partial charge in [0, 0.05) is 18.9 Å². The van der Waals surface area contributed by atoms with Gasteiger partial charge in [-0.15, -0.1) is 0 Å². The number of β-amino-alcohol motifs (C(OH)–C–C–N with tert-alkyl or cyclic N) is 1. The highest BCUT2D eigenvalue weighted by Gasteiger charge is 2.43. The average Bonchev–Trinajstić information content (AvgIpc) is 2.44. The standard InChI is InChI=1S/C16H18FN3O2/c1-11-7-15(19-14(18-11)8-22-2)20-9-16(21,10-20)12-3-5-13(17)6-4-12/h3-7,21H,8-10H2,1-2H3. The van der Waals surface area contributed by atoms with Gasteiger partial charge in [0.15, 0.2) is 5.82 Å². The van der Waals surface area contributed by atoms with Gasteiger partial charge in [0.1, 0.15) is 23.8 Å². The molecule has 1 fully saturated rings. The van der Waals surface area contributed by atoms with Crippen molar-refractivity contribution >= 4 is 5.82 Å². The molecule has 0 amide bonds. The molecule has 0 atom stereocenters. The number of aliphatic hydroxyl groups is 1. The summed E-state index contributed by atoms with van der Waals surface area (Å²) in [5.74, 6) is 1.08. The molecule has 0 saturated carbocycles. The number of halogens is 1. The maximum Gasteiger partial charge on any atom is 0.156 e. The van der Waals surface area contributed by atoms with E-state index in [1.54, 1.807) is 19.2 Å². The third-order valence-electron chi connectivity index (χ3n) is 3.77. The average molecular weight is 303 g/mol. The van der Waals surface area contributed by atoms with Crippen LogP contribution in [0.5, 0.6) is 0 Å². The van der Waals surface area contributed by atoms with Crippen molar-refractivity contribution in [3.05, 3.63) is 53.2 Å². The lowest BCUT2D eigenvalue weighted by Gasteiger charge is -2.47. The van der Waals surface area contributed by atoms with Gasteiger partial charge >= 0.3 is 0 Å². The number of hydrogen-bond acceptors (Lipinski definition) is 5. The molecule has 0 unspecified atom stereocenters. The van der Waals surface area contributed by atoms with Crippen LogP contribution in [-0.2, 0) is 16.9 Å². The molecule has 5 nitrogen and oxygen atoms in total. The van der Waals surface area contributed by atoms with Crippen LogP contribution < -0.4 is 4.90 Å². The van der Waals surface area contributed by atoms with Crippen LogP contribution in [-0.4, -0.2) is 35.3 Å². The minimum Gasteiger partial charge on any atom is -0.381 e. The molecule has 2 aromatic rings. The van der Waals surface area contributed by atoms with Crippen molar-refractivity contribution in [3.8, 4) is 0 Å². The van der Waals surface area contributed by atoms with Crippen molar-refractivity contribution < 1.29 is 14.2 Å². The Morgan fingerprint density at radius 2 is 1.95 bits per heavy atom. The van der Waals surface area contributed by atoms with Gasteiger partial charge in [-0.3, -0.25) is 0 Å². The smallest absolute Gasteiger partial charge is 0.156 e. The molecule has 0 radical (unpaired) electrons. The Bertz CT molecular complexity index is 670. The van der Waals surface area contributed by atoms with Gasteiger partial charge < -0.3 is 14.7 Å². The summed E-state index contributed by atoms with van der Waals surface area (Å²) in [6.07, 6.45) is 0. The van der Waals surface area contributed by atoms with Crippen LogP contribution in [0.15, 0.2) is 30.3 Å². The fourth-order valence-corrected chi connectivity index (χ4v) is 2.66. The molecule has 1 aliphatic rings. The third kappa shape index (κ3) is 2.80. The van der Waals surface area contributed by atoms with E-state index in [1.807, 2.05) is 17.9 Å². The highest BCUT2D eigenvalue weighted by atomic mass is 19.1. The fourth-order valence-electron chi connectivity index (χ4n) is 2.66. The van der Waals surface area contributed by atoms with E-state index in [0.717, 1.165) is 11.5 Å². The summed E-state index contributed by atoms with van der Waals surface area (Å²) in [6, 6.07) is 7.84. The first-order valence-electron chi connectivity index (χ1n) is 7.07. The predicted molar refractivity (Wildman–Crippen MR) is 80.0 cm³/mol. The number of nitrogens with zero attached hydrogens (tertiary/aromatic N) is 3. The maximum atomic E-state index is 13.0. The lowest BCUT2D eigenvalue weighted by molar-refractivity contribution is 0.00692. The Kier molecular flexibility index (Phi) is 3.80. The molecule has 116 valence electrons. The van der Waals surface area contributed by atoms with Crippen LogP contribution in [0.25, 0.3) is 0 Å². The van der Waals surface area contributed by atoms with E-state index in [9.17, 15) is 9.50 Å². The number of benzene rings is 1. The second kappa shape index (κ2) is 5.62. The second-order valence-corrected chi connectivity index (χ2v) is 5.61. The van der Waals surface area contributed by atoms with E-state index in [2.05, 4.69) is 9.97 Å². The molecule has 1 aromatic carbocycles. The zero-order chi connectivity index (χ0) is 15.7. The van der Waals surface area contributed by atoms with E-state index in [1.165, 1.54) is 12.1 Å². The zero-order valence-electron chi connectivity index (χ0n) is 12.6. The van der Waals surface area contributed by atoms with Gasteiger partial charge in [0.2, 0.25) is 0 Å². The predicted octanol–water partition coefficient (Wildman–Crippen LogP) is 1.78. The Morgan fingerprint density at radius 1 is 1.27 bits per heavy atom. The molecule has 0 bridgehead atoms. The number of anilines is 1. The van der Waals surface area contributed by atoms with Gasteiger partial charge in [0.05, 0.1) is 13.1 Å². The monoisotopic (exact) mass is 303 g/mol. The molecule has 2 heterocycles. The number of aromatic nitrogens is 2. The molecule has 1 N–H and O–H groups in total. The van der Waals surface area contributed by atoms with E-state index in [0.29, 0.717) is 31.1 Å². The van der Waals surface area contributed by atoms with Crippen LogP contribution in [0.3, 0.4) is 0 Å². The molecule has 1 saturated heterocycles. The third-order valence-corrected chi connectivity index (χ3v) is 3.77. The van der Waals surface area contributed by atoms with Gasteiger partial charge in [-0.05, 0) is 24.6 Å². The first-order chi connectivity index (χ1) is 10.5. The van der Waals surface area contributed by atoms with Crippen molar-refractivity contribution in [1.29, 1.82) is 0 Å². The second-order valence-electron chi connectivity index (χ2n) is 5.61. The Hall–Kier alpha value is -2.05. The minimum absolute atomic E-state index is 0.306. The van der Waals surface area contributed by atoms with Gasteiger partial charge in [0.25, 0.3) is 0 Å². The van der Waals surface area contributed by atoms with Crippen molar-refractivity contribution in [1.82, 2.24) is 9.97 Å². The molecule has 1 aliphatic heterocycles. The summed E-state index contributed by atoms with van der Waals surface area (Å²) >= 11 is 0. The molecule has 1 aromatic heterocycles. The van der Waals surface area contributed by atoms with Crippen LogP contribution in [0.1, 0.15) is 17.1 Å². The SMILES string of the molecule is COCc1nc(C)cc(N2CC(O)(c3ccc(F)cc3)C2)n1. The number of rotatable bonds is 4. The van der Waals surface area contributed by atoms with Gasteiger partial charge in [-0.1, -0.05) is 12.1 Å². The number of ether oxygens (including phenoxy) is 1. The molecular weight excluding hydrogens is 285 g/mol. The fraction of sp³-hybridized carbons (Fsp3) is 0.375. The first-order valence-corrected chi connectivity index (χ1v) is 7.07. The van der Waals surface area contributed by atoms with Crippen molar-refractivity contribution in [2.45, 2.75) is 19.1 Å². The normalized spacial score (nSPS) is 16.5. The summed E-state index contributed by atoms with van der Waals surface area (Å²) in [4.78, 5) is 10.7. The summed E-state index contributed by atoms with van der Waals surface area (Å²) in [5.41, 5.74) is 0.607. The summed E-state index contributed by atoms with van der Waals surface area (Å²) in [6.45, 7) is 3.09. The van der Waals surface area contributed by atoms with Gasteiger partial charge in [-0.25, -0.2) is 14.4 Å². The number of hydrogen-bond donors (Lipinski definition) is 1. The Labute approximate surface area is 128 Å². The first kappa shape index (κ1) is 14.9. The van der Waals surface area contributed by atoms with E-state index in [4.69, 9.17) is 4.74 Å². The zero-order valence-corrected chi connectivity index (χ0v) is 12.6. The Morgan fingerprint density at radius 3 is 2.59 bits per heavy atom. The Balaban J connectivity index is 1.76. The highest BCUT2D eigenvalue weighted by Crippen LogP contribution is 2.34. The summed E-state index contributed by atoms with van der Waals surface area (Å²) in [5, 5.41) is 10.6. The molecule has 6 heteroatoms. The largest absolute Gasteiger partial charge is 0.381 e. The molecular formula is C16H18FN3O2. The summed E-state index contributed by atoms with van der Waals surface area (Å²) in [7, 11) is 1.60. The lowest BCUT2D eigenvalue weighted by Crippen LogP contribution is -2.60. The molecule has 0 aliphatic carbocycles. The minimum atomic E-state index is -0.964. The van der Waals surface area contributed by atoms with Crippen LogP contribution in [0.2, 0.25) is 0 Å². The molecule has 3 rings (SSSR count). The van der Waals surface area contributed by atoms with Crippen LogP contribution in [0.4, 0.5) is 10.2 Å². The number of aryl methyl sites for hydroxylation is 1.